The van der Waals surface area contributed by atoms with Gasteiger partial charge in [-0.2, -0.15) is 0 Å². The first-order chi connectivity index (χ1) is 7.24. The lowest BCUT2D eigenvalue weighted by Crippen LogP contribution is -2.27. The van der Waals surface area contributed by atoms with E-state index < -0.39 is 12.1 Å². The van der Waals surface area contributed by atoms with Gasteiger partial charge in [0.2, 0.25) is 0 Å². The lowest BCUT2D eigenvalue weighted by atomic mass is 10.1. The van der Waals surface area contributed by atoms with Crippen LogP contribution in [0.15, 0.2) is 30.3 Å². The Labute approximate surface area is 88.4 Å². The molecule has 0 amide bonds. The van der Waals surface area contributed by atoms with Gasteiger partial charge in [-0.25, -0.2) is 4.79 Å². The summed E-state index contributed by atoms with van der Waals surface area (Å²) in [6.45, 7) is -0.0101. The molecule has 0 aliphatic carbocycles. The number of carboxylic acids is 1. The van der Waals surface area contributed by atoms with E-state index >= 15 is 0 Å². The second kappa shape index (κ2) is 6.16. The Balaban J connectivity index is 2.55. The van der Waals surface area contributed by atoms with Crippen molar-refractivity contribution in [2.75, 3.05) is 13.9 Å². The molecule has 4 nitrogen and oxygen atoms in total. The van der Waals surface area contributed by atoms with Gasteiger partial charge in [0, 0.05) is 13.5 Å². The Kier molecular flexibility index (Phi) is 4.80. The Hall–Kier alpha value is -1.39. The van der Waals surface area contributed by atoms with Crippen LogP contribution < -0.4 is 0 Å². The summed E-state index contributed by atoms with van der Waals surface area (Å²) in [5, 5.41) is 8.88. The molecule has 1 atom stereocenters. The van der Waals surface area contributed by atoms with Crippen molar-refractivity contribution >= 4 is 5.97 Å². The fourth-order valence-electron chi connectivity index (χ4n) is 1.20. The molecule has 0 saturated carbocycles. The maximum Gasteiger partial charge on any atom is 0.333 e. The molecule has 4 heteroatoms. The van der Waals surface area contributed by atoms with Crippen molar-refractivity contribution in [1.82, 2.24) is 0 Å². The molecule has 0 unspecified atom stereocenters. The highest BCUT2D eigenvalue weighted by Crippen LogP contribution is 2.06. The van der Waals surface area contributed by atoms with Gasteiger partial charge in [0.15, 0.2) is 6.10 Å². The molecule has 1 N–H and O–H groups in total. The maximum absolute atomic E-state index is 10.8. The highest BCUT2D eigenvalue weighted by atomic mass is 16.7. The number of carbonyl (C=O) groups is 1. The van der Waals surface area contributed by atoms with Crippen molar-refractivity contribution in [3.8, 4) is 0 Å². The molecule has 1 aromatic rings. The number of hydrogen-bond donors (Lipinski definition) is 1. The zero-order valence-corrected chi connectivity index (χ0v) is 8.55. The lowest BCUT2D eigenvalue weighted by molar-refractivity contribution is -0.158. The molecular weight excluding hydrogens is 196 g/mol. The van der Waals surface area contributed by atoms with Crippen LogP contribution in [-0.2, 0) is 20.7 Å². The minimum Gasteiger partial charge on any atom is -0.479 e. The average Bonchev–Trinajstić information content (AvgIpc) is 2.25. The van der Waals surface area contributed by atoms with E-state index in [0.717, 1.165) is 5.56 Å². The smallest absolute Gasteiger partial charge is 0.333 e. The van der Waals surface area contributed by atoms with E-state index in [1.165, 1.54) is 7.11 Å². The third kappa shape index (κ3) is 4.10. The number of rotatable bonds is 6. The Morgan fingerprint density at radius 3 is 2.60 bits per heavy atom. The van der Waals surface area contributed by atoms with Crippen LogP contribution in [0.1, 0.15) is 5.56 Å². The van der Waals surface area contributed by atoms with E-state index in [0.29, 0.717) is 6.42 Å². The summed E-state index contributed by atoms with van der Waals surface area (Å²) in [6, 6.07) is 9.35. The lowest BCUT2D eigenvalue weighted by Gasteiger charge is -2.12. The summed E-state index contributed by atoms with van der Waals surface area (Å²) in [4.78, 5) is 10.8. The fourth-order valence-corrected chi connectivity index (χ4v) is 1.20. The van der Waals surface area contributed by atoms with Gasteiger partial charge in [-0.1, -0.05) is 30.3 Å². The summed E-state index contributed by atoms with van der Waals surface area (Å²) < 4.78 is 9.71. The molecule has 15 heavy (non-hydrogen) atoms. The fraction of sp³-hybridized carbons (Fsp3) is 0.364. The minimum absolute atomic E-state index is 0.0101. The molecule has 0 spiro atoms. The van der Waals surface area contributed by atoms with Crippen LogP contribution in [-0.4, -0.2) is 31.1 Å². The quantitative estimate of drug-likeness (QED) is 0.719. The van der Waals surface area contributed by atoms with E-state index in [-0.39, 0.29) is 6.79 Å². The first kappa shape index (κ1) is 11.7. The SMILES string of the molecule is COCO[C@H](Cc1ccccc1)C(=O)O. The molecule has 82 valence electrons. The third-order valence-electron chi connectivity index (χ3n) is 1.93. The van der Waals surface area contributed by atoms with Gasteiger partial charge in [-0.05, 0) is 5.56 Å². The monoisotopic (exact) mass is 210 g/mol. The van der Waals surface area contributed by atoms with Gasteiger partial charge < -0.3 is 14.6 Å². The van der Waals surface area contributed by atoms with E-state index in [2.05, 4.69) is 4.74 Å². The Morgan fingerprint density at radius 1 is 1.40 bits per heavy atom. The molecule has 0 saturated heterocycles. The summed E-state index contributed by atoms with van der Waals surface area (Å²) in [5.74, 6) is -0.976. The van der Waals surface area contributed by atoms with Crippen LogP contribution in [0.5, 0.6) is 0 Å². The minimum atomic E-state index is -0.976. The van der Waals surface area contributed by atoms with Crippen LogP contribution in [0.25, 0.3) is 0 Å². The van der Waals surface area contributed by atoms with Gasteiger partial charge in [-0.15, -0.1) is 0 Å². The van der Waals surface area contributed by atoms with Crippen LogP contribution in [0.4, 0.5) is 0 Å². The number of carboxylic acid groups (broad SMARTS) is 1. The summed E-state index contributed by atoms with van der Waals surface area (Å²) in [6.07, 6.45) is -0.508. The standard InChI is InChI=1S/C11H14O4/c1-14-8-15-10(11(12)13)7-9-5-3-2-4-6-9/h2-6,10H,7-8H2,1H3,(H,12,13)/t10-/m1/s1. The summed E-state index contributed by atoms with van der Waals surface area (Å²) >= 11 is 0. The number of methoxy groups -OCH3 is 1. The number of aliphatic carboxylic acids is 1. The van der Waals surface area contributed by atoms with Crippen molar-refractivity contribution in [2.24, 2.45) is 0 Å². The van der Waals surface area contributed by atoms with Gasteiger partial charge in [0.1, 0.15) is 6.79 Å². The molecule has 0 aliphatic heterocycles. The van der Waals surface area contributed by atoms with Crippen molar-refractivity contribution in [3.05, 3.63) is 35.9 Å². The van der Waals surface area contributed by atoms with Crippen LogP contribution in [0, 0.1) is 0 Å². The molecule has 0 aliphatic rings. The summed E-state index contributed by atoms with van der Waals surface area (Å²) in [5.41, 5.74) is 0.931. The van der Waals surface area contributed by atoms with Gasteiger partial charge in [0.05, 0.1) is 0 Å². The largest absolute Gasteiger partial charge is 0.479 e. The molecule has 0 heterocycles. The topological polar surface area (TPSA) is 55.8 Å². The van der Waals surface area contributed by atoms with Crippen LogP contribution >= 0.6 is 0 Å². The molecule has 0 bridgehead atoms. The van der Waals surface area contributed by atoms with Gasteiger partial charge >= 0.3 is 5.97 Å². The van der Waals surface area contributed by atoms with Crippen molar-refractivity contribution < 1.29 is 19.4 Å². The van der Waals surface area contributed by atoms with E-state index in [4.69, 9.17) is 9.84 Å². The van der Waals surface area contributed by atoms with Crippen molar-refractivity contribution in [1.29, 1.82) is 0 Å². The number of hydrogen-bond acceptors (Lipinski definition) is 3. The zero-order valence-electron chi connectivity index (χ0n) is 8.55. The zero-order chi connectivity index (χ0) is 11.1. The second-order valence-corrected chi connectivity index (χ2v) is 3.09. The van der Waals surface area contributed by atoms with Crippen molar-refractivity contribution in [3.63, 3.8) is 0 Å². The molecular formula is C11H14O4. The predicted molar refractivity (Wildman–Crippen MR) is 54.5 cm³/mol. The van der Waals surface area contributed by atoms with E-state index in [1.54, 1.807) is 0 Å². The highest BCUT2D eigenvalue weighted by Gasteiger charge is 2.18. The maximum atomic E-state index is 10.8. The van der Waals surface area contributed by atoms with Crippen LogP contribution in [0.2, 0.25) is 0 Å². The molecule has 0 aromatic heterocycles. The first-order valence-corrected chi connectivity index (χ1v) is 4.61. The normalized spacial score (nSPS) is 12.3. The van der Waals surface area contributed by atoms with Gasteiger partial charge in [-0.3, -0.25) is 0 Å². The predicted octanol–water partition coefficient (Wildman–Crippen LogP) is 1.30. The molecule has 0 radical (unpaired) electrons. The van der Waals surface area contributed by atoms with E-state index in [1.807, 2.05) is 30.3 Å². The van der Waals surface area contributed by atoms with Gasteiger partial charge in [0.25, 0.3) is 0 Å². The summed E-state index contributed by atoms with van der Waals surface area (Å²) in [7, 11) is 1.46. The van der Waals surface area contributed by atoms with Crippen molar-refractivity contribution in [2.45, 2.75) is 12.5 Å². The Bertz CT molecular complexity index is 297. The first-order valence-electron chi connectivity index (χ1n) is 4.61. The molecule has 1 aromatic carbocycles. The Morgan fingerprint density at radius 2 is 2.07 bits per heavy atom. The third-order valence-corrected chi connectivity index (χ3v) is 1.93. The van der Waals surface area contributed by atoms with E-state index in [9.17, 15) is 4.79 Å². The molecule has 1 rings (SSSR count). The highest BCUT2D eigenvalue weighted by molar-refractivity contribution is 5.72. The van der Waals surface area contributed by atoms with Crippen LogP contribution in [0.3, 0.4) is 0 Å². The average molecular weight is 210 g/mol. The molecule has 0 fully saturated rings. The number of ether oxygens (including phenoxy) is 2. The number of benzene rings is 1. The second-order valence-electron chi connectivity index (χ2n) is 3.09.